The van der Waals surface area contributed by atoms with Crippen molar-refractivity contribution in [3.63, 3.8) is 0 Å². The molecule has 0 radical (unpaired) electrons. The highest BCUT2D eigenvalue weighted by Gasteiger charge is 2.23. The zero-order chi connectivity index (χ0) is 18.1. The Labute approximate surface area is 148 Å². The highest BCUT2D eigenvalue weighted by molar-refractivity contribution is 5.97. The topological polar surface area (TPSA) is 45.3 Å². The molecule has 2 heterocycles. The number of fused-ring (bicyclic) bond motifs is 1. The summed E-state index contributed by atoms with van der Waals surface area (Å²) in [5.74, 6) is 0.227. The number of rotatable bonds is 3. The summed E-state index contributed by atoms with van der Waals surface area (Å²) in [6, 6.07) is 5.89. The Bertz CT molecular complexity index is 896. The molecule has 0 aliphatic carbocycles. The Kier molecular flexibility index (Phi) is 4.75. The molecule has 0 bridgehead atoms. The van der Waals surface area contributed by atoms with E-state index in [-0.39, 0.29) is 16.9 Å². The van der Waals surface area contributed by atoms with Crippen LogP contribution < -0.4 is 5.43 Å². The van der Waals surface area contributed by atoms with E-state index in [0.29, 0.717) is 11.3 Å². The van der Waals surface area contributed by atoms with Crippen molar-refractivity contribution >= 4 is 23.5 Å². The normalized spacial score (nSPS) is 17.7. The van der Waals surface area contributed by atoms with E-state index < -0.39 is 0 Å². The molecule has 1 aliphatic heterocycles. The SMILES string of the molecule is C=[N+]1CCCC(Cn2cc(C(=O)N(C)C)c(=O)c3cc(C)ccc32)C1. The number of carbonyl (C=O) groups is 1. The van der Waals surface area contributed by atoms with Gasteiger partial charge in [-0.25, -0.2) is 4.58 Å². The molecular formula is C20H26N3O2+. The zero-order valence-electron chi connectivity index (χ0n) is 15.3. The molecule has 2 aromatic rings. The molecule has 1 atom stereocenters. The smallest absolute Gasteiger partial charge is 0.258 e. The number of nitrogens with zero attached hydrogens (tertiary/aromatic N) is 3. The number of benzene rings is 1. The van der Waals surface area contributed by atoms with Crippen molar-refractivity contribution in [2.24, 2.45) is 5.92 Å². The summed E-state index contributed by atoms with van der Waals surface area (Å²) in [5.41, 5.74) is 1.97. The summed E-state index contributed by atoms with van der Waals surface area (Å²) >= 11 is 0. The molecule has 3 rings (SSSR count). The second-order valence-corrected chi connectivity index (χ2v) is 7.33. The number of aromatic nitrogens is 1. The van der Waals surface area contributed by atoms with E-state index in [1.54, 1.807) is 20.3 Å². The Balaban J connectivity index is 2.12. The third kappa shape index (κ3) is 3.50. The minimum absolute atomic E-state index is 0.184. The van der Waals surface area contributed by atoms with Gasteiger partial charge in [-0.15, -0.1) is 0 Å². The number of amides is 1. The van der Waals surface area contributed by atoms with E-state index in [0.717, 1.165) is 43.6 Å². The molecule has 0 N–H and O–H groups in total. The van der Waals surface area contributed by atoms with Crippen molar-refractivity contribution in [1.82, 2.24) is 9.47 Å². The van der Waals surface area contributed by atoms with Crippen LogP contribution in [0, 0.1) is 12.8 Å². The lowest BCUT2D eigenvalue weighted by Crippen LogP contribution is -2.32. The van der Waals surface area contributed by atoms with Crippen molar-refractivity contribution in [3.05, 3.63) is 45.7 Å². The van der Waals surface area contributed by atoms with Crippen LogP contribution in [0.4, 0.5) is 0 Å². The van der Waals surface area contributed by atoms with E-state index >= 15 is 0 Å². The number of aryl methyl sites for hydroxylation is 1. The van der Waals surface area contributed by atoms with Crippen molar-refractivity contribution in [2.45, 2.75) is 26.3 Å². The maximum atomic E-state index is 12.8. The van der Waals surface area contributed by atoms with Crippen LogP contribution in [0.15, 0.2) is 29.2 Å². The zero-order valence-corrected chi connectivity index (χ0v) is 15.3. The average Bonchev–Trinajstić information content (AvgIpc) is 2.56. The highest BCUT2D eigenvalue weighted by Crippen LogP contribution is 2.20. The van der Waals surface area contributed by atoms with Crippen molar-refractivity contribution in [3.8, 4) is 0 Å². The van der Waals surface area contributed by atoms with Crippen LogP contribution in [0.3, 0.4) is 0 Å². The fraction of sp³-hybridized carbons (Fsp3) is 0.450. The van der Waals surface area contributed by atoms with Gasteiger partial charge < -0.3 is 9.47 Å². The van der Waals surface area contributed by atoms with Gasteiger partial charge in [0.05, 0.1) is 5.52 Å². The molecule has 1 amide bonds. The Morgan fingerprint density at radius 3 is 2.84 bits per heavy atom. The predicted molar refractivity (Wildman–Crippen MR) is 101 cm³/mol. The fourth-order valence-electron chi connectivity index (χ4n) is 3.63. The molecule has 1 unspecified atom stereocenters. The maximum Gasteiger partial charge on any atom is 0.258 e. The van der Waals surface area contributed by atoms with Gasteiger partial charge in [-0.3, -0.25) is 9.59 Å². The summed E-state index contributed by atoms with van der Waals surface area (Å²) in [7, 11) is 3.35. The van der Waals surface area contributed by atoms with Gasteiger partial charge in [-0.2, -0.15) is 0 Å². The van der Waals surface area contributed by atoms with Gasteiger partial charge in [-0.1, -0.05) is 11.6 Å². The quantitative estimate of drug-likeness (QED) is 0.804. The molecule has 1 fully saturated rings. The van der Waals surface area contributed by atoms with Crippen LogP contribution >= 0.6 is 0 Å². The van der Waals surface area contributed by atoms with Crippen LogP contribution in [-0.2, 0) is 6.54 Å². The number of piperidine rings is 1. The third-order valence-corrected chi connectivity index (χ3v) is 4.93. The van der Waals surface area contributed by atoms with Crippen molar-refractivity contribution in [2.75, 3.05) is 27.2 Å². The number of hydrogen-bond donors (Lipinski definition) is 0. The molecule has 0 spiro atoms. The molecule has 1 aliphatic rings. The summed E-state index contributed by atoms with van der Waals surface area (Å²) < 4.78 is 4.19. The first-order valence-corrected chi connectivity index (χ1v) is 8.77. The molecular weight excluding hydrogens is 314 g/mol. The first kappa shape index (κ1) is 17.4. The molecule has 132 valence electrons. The summed E-state index contributed by atoms with van der Waals surface area (Å²) in [4.78, 5) is 26.8. The van der Waals surface area contributed by atoms with E-state index in [4.69, 9.17) is 0 Å². The first-order valence-electron chi connectivity index (χ1n) is 8.77. The molecule has 25 heavy (non-hydrogen) atoms. The predicted octanol–water partition coefficient (Wildman–Crippen LogP) is 2.13. The van der Waals surface area contributed by atoms with Gasteiger partial charge in [0.1, 0.15) is 25.4 Å². The monoisotopic (exact) mass is 340 g/mol. The van der Waals surface area contributed by atoms with Gasteiger partial charge in [-0.05, 0) is 25.5 Å². The average molecular weight is 340 g/mol. The second kappa shape index (κ2) is 6.82. The van der Waals surface area contributed by atoms with Crippen LogP contribution in [0.25, 0.3) is 10.9 Å². The van der Waals surface area contributed by atoms with Crippen molar-refractivity contribution < 1.29 is 9.37 Å². The Morgan fingerprint density at radius 2 is 2.16 bits per heavy atom. The van der Waals surface area contributed by atoms with Gasteiger partial charge in [0.25, 0.3) is 5.91 Å². The van der Waals surface area contributed by atoms with Gasteiger partial charge in [0.15, 0.2) is 0 Å². The number of carbonyl (C=O) groups excluding carboxylic acids is 1. The summed E-state index contributed by atoms with van der Waals surface area (Å²) in [6.45, 7) is 8.79. The minimum atomic E-state index is -0.246. The van der Waals surface area contributed by atoms with Gasteiger partial charge in [0, 0.05) is 44.6 Å². The van der Waals surface area contributed by atoms with Crippen molar-refractivity contribution in [1.29, 1.82) is 0 Å². The third-order valence-electron chi connectivity index (χ3n) is 4.93. The van der Waals surface area contributed by atoms with Gasteiger partial charge >= 0.3 is 0 Å². The van der Waals surface area contributed by atoms with E-state index in [1.807, 2.05) is 25.1 Å². The molecule has 1 saturated heterocycles. The van der Waals surface area contributed by atoms with Crippen LogP contribution in [0.1, 0.15) is 28.8 Å². The maximum absolute atomic E-state index is 12.8. The highest BCUT2D eigenvalue weighted by atomic mass is 16.2. The van der Waals surface area contributed by atoms with Gasteiger partial charge in [0.2, 0.25) is 5.43 Å². The first-order chi connectivity index (χ1) is 11.9. The van der Waals surface area contributed by atoms with E-state index in [1.165, 1.54) is 4.90 Å². The number of hydrogen-bond acceptors (Lipinski definition) is 2. The lowest BCUT2D eigenvalue weighted by molar-refractivity contribution is -0.538. The van der Waals surface area contributed by atoms with Crippen LogP contribution in [-0.4, -0.2) is 53.9 Å². The largest absolute Gasteiger partial charge is 0.346 e. The molecule has 1 aromatic carbocycles. The lowest BCUT2D eigenvalue weighted by atomic mass is 9.98. The Hall–Kier alpha value is -2.43. The summed E-state index contributed by atoms with van der Waals surface area (Å²) in [6.07, 6.45) is 4.02. The van der Waals surface area contributed by atoms with Crippen LogP contribution in [0.2, 0.25) is 0 Å². The Morgan fingerprint density at radius 1 is 1.40 bits per heavy atom. The molecule has 1 aromatic heterocycles. The fourth-order valence-corrected chi connectivity index (χ4v) is 3.63. The molecule has 0 saturated carbocycles. The van der Waals surface area contributed by atoms with E-state index in [9.17, 15) is 9.59 Å². The minimum Gasteiger partial charge on any atom is -0.346 e. The molecule has 5 heteroatoms. The molecule has 5 nitrogen and oxygen atoms in total. The standard InChI is InChI=1S/C20H26N3O2/c1-14-7-8-18-16(10-14)19(24)17(20(25)21(2)3)13-23(18)12-15-6-5-9-22(4)11-15/h7-8,10,13,15H,4-6,9,11-12H2,1-3H3/q+1. The number of pyridine rings is 1. The summed E-state index contributed by atoms with van der Waals surface area (Å²) in [5, 5.41) is 0.620. The van der Waals surface area contributed by atoms with Crippen LogP contribution in [0.5, 0.6) is 0 Å². The second-order valence-electron chi connectivity index (χ2n) is 7.33. The lowest BCUT2D eigenvalue weighted by Gasteiger charge is -2.23. The van der Waals surface area contributed by atoms with E-state index in [2.05, 4.69) is 15.9 Å².